The van der Waals surface area contributed by atoms with Crippen molar-refractivity contribution in [1.29, 1.82) is 0 Å². The second-order valence-electron chi connectivity index (χ2n) is 3.57. The number of pyridine rings is 1. The lowest BCUT2D eigenvalue weighted by molar-refractivity contribution is 0.886. The summed E-state index contributed by atoms with van der Waals surface area (Å²) in [6.07, 6.45) is 6.91. The Bertz CT molecular complexity index is 324. The zero-order chi connectivity index (χ0) is 9.97. The number of hydrogen-bond donors (Lipinski definition) is 1. The topological polar surface area (TPSA) is 38.9 Å². The molecule has 2 N–H and O–H groups in total. The number of hydrogen-bond acceptors (Lipinski definition) is 3. The minimum atomic E-state index is 0.610. The van der Waals surface area contributed by atoms with Crippen molar-refractivity contribution >= 4 is 29.1 Å². The highest BCUT2D eigenvalue weighted by atomic mass is 35.5. The molecule has 0 spiro atoms. The van der Waals surface area contributed by atoms with Crippen LogP contribution < -0.4 is 5.73 Å². The van der Waals surface area contributed by atoms with Crippen molar-refractivity contribution < 1.29 is 0 Å². The molecule has 2 nitrogen and oxygen atoms in total. The second-order valence-corrected chi connectivity index (χ2v) is 5.30. The average Bonchev–Trinajstić information content (AvgIpc) is 2.62. The fourth-order valence-corrected chi connectivity index (χ4v) is 3.06. The molecule has 14 heavy (non-hydrogen) atoms. The van der Waals surface area contributed by atoms with Crippen LogP contribution in [0.4, 0.5) is 5.69 Å². The predicted molar refractivity (Wildman–Crippen MR) is 61.8 cm³/mol. The van der Waals surface area contributed by atoms with Gasteiger partial charge in [-0.3, -0.25) is 0 Å². The normalized spacial score (nSPS) is 17.5. The molecule has 76 valence electrons. The largest absolute Gasteiger partial charge is 0.396 e. The summed E-state index contributed by atoms with van der Waals surface area (Å²) in [6.45, 7) is 0. The van der Waals surface area contributed by atoms with Gasteiger partial charge in [-0.15, -0.1) is 11.8 Å². The molecule has 0 unspecified atom stereocenters. The van der Waals surface area contributed by atoms with Crippen LogP contribution in [0.3, 0.4) is 0 Å². The van der Waals surface area contributed by atoms with E-state index >= 15 is 0 Å². The van der Waals surface area contributed by atoms with E-state index in [1.165, 1.54) is 25.7 Å². The highest BCUT2D eigenvalue weighted by Gasteiger charge is 2.17. The van der Waals surface area contributed by atoms with E-state index < -0.39 is 0 Å². The molecular formula is C10H13ClN2S. The second kappa shape index (κ2) is 4.41. The van der Waals surface area contributed by atoms with Crippen LogP contribution in [0.25, 0.3) is 0 Å². The van der Waals surface area contributed by atoms with Gasteiger partial charge >= 0.3 is 0 Å². The van der Waals surface area contributed by atoms with Crippen LogP contribution in [0, 0.1) is 0 Å². The molecule has 0 radical (unpaired) electrons. The molecule has 1 fully saturated rings. The van der Waals surface area contributed by atoms with Gasteiger partial charge in [-0.05, 0) is 18.9 Å². The van der Waals surface area contributed by atoms with Gasteiger partial charge in [0.2, 0.25) is 0 Å². The lowest BCUT2D eigenvalue weighted by Crippen LogP contribution is -1.98. The van der Waals surface area contributed by atoms with E-state index in [4.69, 9.17) is 17.3 Å². The monoisotopic (exact) mass is 228 g/mol. The summed E-state index contributed by atoms with van der Waals surface area (Å²) in [5.74, 6) is 0. The Kier molecular flexibility index (Phi) is 3.19. The first kappa shape index (κ1) is 10.1. The zero-order valence-corrected chi connectivity index (χ0v) is 9.44. The number of thioether (sulfide) groups is 1. The molecule has 1 saturated carbocycles. The van der Waals surface area contributed by atoms with Crippen LogP contribution in [-0.2, 0) is 0 Å². The van der Waals surface area contributed by atoms with Crippen molar-refractivity contribution in [3.05, 3.63) is 17.3 Å². The number of halogens is 1. The molecule has 0 bridgehead atoms. The minimum Gasteiger partial charge on any atom is -0.396 e. The number of aromatic nitrogens is 1. The van der Waals surface area contributed by atoms with Gasteiger partial charge in [-0.1, -0.05) is 24.4 Å². The Morgan fingerprint density at radius 2 is 2.14 bits per heavy atom. The fraction of sp³-hybridized carbons (Fsp3) is 0.500. The zero-order valence-electron chi connectivity index (χ0n) is 7.87. The van der Waals surface area contributed by atoms with E-state index in [2.05, 4.69) is 4.98 Å². The lowest BCUT2D eigenvalue weighted by Gasteiger charge is -2.09. The van der Waals surface area contributed by atoms with Crippen LogP contribution in [-0.4, -0.2) is 10.2 Å². The Balaban J connectivity index is 2.08. The molecular weight excluding hydrogens is 216 g/mol. The van der Waals surface area contributed by atoms with Gasteiger partial charge in [-0.2, -0.15) is 0 Å². The van der Waals surface area contributed by atoms with Gasteiger partial charge in [-0.25, -0.2) is 4.98 Å². The summed E-state index contributed by atoms with van der Waals surface area (Å²) >= 11 is 7.57. The van der Waals surface area contributed by atoms with E-state index in [0.29, 0.717) is 16.0 Å². The van der Waals surface area contributed by atoms with E-state index in [1.807, 2.05) is 0 Å². The Labute approximate surface area is 93.2 Å². The third-order valence-electron chi connectivity index (χ3n) is 2.43. The lowest BCUT2D eigenvalue weighted by atomic mass is 10.4. The van der Waals surface area contributed by atoms with Crippen LogP contribution in [0.1, 0.15) is 25.7 Å². The van der Waals surface area contributed by atoms with Crippen LogP contribution >= 0.6 is 23.4 Å². The number of nitrogens with zero attached hydrogens (tertiary/aromatic N) is 1. The number of nitrogens with two attached hydrogens (primary N) is 1. The maximum absolute atomic E-state index is 5.83. The van der Waals surface area contributed by atoms with Crippen LogP contribution in [0.5, 0.6) is 0 Å². The third kappa shape index (κ3) is 2.34. The third-order valence-corrected chi connectivity index (χ3v) is 4.00. The molecule has 1 aromatic heterocycles. The smallest absolute Gasteiger partial charge is 0.119 e. The van der Waals surface area contributed by atoms with Crippen LogP contribution in [0.2, 0.25) is 5.02 Å². The summed E-state index contributed by atoms with van der Waals surface area (Å²) in [4.78, 5) is 4.25. The molecule has 0 atom stereocenters. The maximum atomic E-state index is 5.83. The Morgan fingerprint density at radius 3 is 2.79 bits per heavy atom. The van der Waals surface area contributed by atoms with Gasteiger partial charge in [0.05, 0.1) is 10.7 Å². The SMILES string of the molecule is Nc1cc(Cl)cnc1SC1CCCC1. The average molecular weight is 229 g/mol. The van der Waals surface area contributed by atoms with Crippen molar-refractivity contribution in [2.24, 2.45) is 0 Å². The van der Waals surface area contributed by atoms with Crippen molar-refractivity contribution in [1.82, 2.24) is 4.98 Å². The minimum absolute atomic E-state index is 0.610. The van der Waals surface area contributed by atoms with E-state index in [-0.39, 0.29) is 0 Å². The van der Waals surface area contributed by atoms with Gasteiger partial charge in [0, 0.05) is 11.4 Å². The first-order valence-corrected chi connectivity index (χ1v) is 6.09. The number of rotatable bonds is 2. The Hall–Kier alpha value is -0.410. The molecule has 1 aliphatic rings. The molecule has 1 aromatic rings. The van der Waals surface area contributed by atoms with E-state index in [0.717, 1.165) is 5.03 Å². The standard InChI is InChI=1S/C10H13ClN2S/c11-7-5-9(12)10(13-6-7)14-8-3-1-2-4-8/h5-6,8H,1-4,12H2. The molecule has 0 amide bonds. The summed E-state index contributed by atoms with van der Waals surface area (Å²) in [5.41, 5.74) is 6.53. The summed E-state index contributed by atoms with van der Waals surface area (Å²) in [6, 6.07) is 1.77. The first-order chi connectivity index (χ1) is 6.75. The highest BCUT2D eigenvalue weighted by Crippen LogP contribution is 2.36. The van der Waals surface area contributed by atoms with Crippen molar-refractivity contribution in [3.8, 4) is 0 Å². The van der Waals surface area contributed by atoms with Gasteiger partial charge in [0.25, 0.3) is 0 Å². The molecule has 1 heterocycles. The van der Waals surface area contributed by atoms with Gasteiger partial charge in [0.15, 0.2) is 0 Å². The molecule has 2 rings (SSSR count). The molecule has 0 saturated heterocycles. The Morgan fingerprint density at radius 1 is 1.43 bits per heavy atom. The van der Waals surface area contributed by atoms with Crippen molar-refractivity contribution in [3.63, 3.8) is 0 Å². The van der Waals surface area contributed by atoms with Gasteiger partial charge in [0.1, 0.15) is 5.03 Å². The van der Waals surface area contributed by atoms with Crippen molar-refractivity contribution in [2.75, 3.05) is 5.73 Å². The molecule has 0 aliphatic heterocycles. The van der Waals surface area contributed by atoms with E-state index in [9.17, 15) is 0 Å². The summed E-state index contributed by atoms with van der Waals surface area (Å²) in [7, 11) is 0. The maximum Gasteiger partial charge on any atom is 0.119 e. The van der Waals surface area contributed by atoms with Gasteiger partial charge < -0.3 is 5.73 Å². The number of anilines is 1. The summed E-state index contributed by atoms with van der Waals surface area (Å²) in [5, 5.41) is 2.24. The highest BCUT2D eigenvalue weighted by molar-refractivity contribution is 8.00. The predicted octanol–water partition coefficient (Wildman–Crippen LogP) is 3.35. The molecule has 1 aliphatic carbocycles. The molecule has 4 heteroatoms. The molecule has 0 aromatic carbocycles. The van der Waals surface area contributed by atoms with E-state index in [1.54, 1.807) is 24.0 Å². The van der Waals surface area contributed by atoms with Crippen molar-refractivity contribution in [2.45, 2.75) is 36.0 Å². The first-order valence-electron chi connectivity index (χ1n) is 4.83. The van der Waals surface area contributed by atoms with Crippen LogP contribution in [0.15, 0.2) is 17.3 Å². The number of nitrogen functional groups attached to an aromatic ring is 1. The summed E-state index contributed by atoms with van der Waals surface area (Å²) < 4.78 is 0. The quantitative estimate of drug-likeness (QED) is 0.844. The fourth-order valence-electron chi connectivity index (χ4n) is 1.70.